The predicted molar refractivity (Wildman–Crippen MR) is 125 cm³/mol. The Morgan fingerprint density at radius 3 is 2.17 bits per heavy atom. The maximum Gasteiger partial charge on any atom is 0.338 e. The number of hydrogen-bond donors (Lipinski definition) is 1. The Hall–Kier alpha value is -3.79. The van der Waals surface area contributed by atoms with Gasteiger partial charge >= 0.3 is 5.97 Å². The van der Waals surface area contributed by atoms with Crippen LogP contribution in [0.25, 0.3) is 33.3 Å². The molecule has 10 heteroatoms. The van der Waals surface area contributed by atoms with Crippen molar-refractivity contribution in [3.8, 4) is 22.3 Å². The second kappa shape index (κ2) is 9.34. The fourth-order valence-corrected chi connectivity index (χ4v) is 4.77. The third-order valence-corrected chi connectivity index (χ3v) is 6.44. The van der Waals surface area contributed by atoms with Crippen LogP contribution >= 0.6 is 0 Å². The van der Waals surface area contributed by atoms with Gasteiger partial charge in [-0.25, -0.2) is 22.4 Å². The molecule has 0 radical (unpaired) electrons. The highest BCUT2D eigenvalue weighted by Gasteiger charge is 2.29. The van der Waals surface area contributed by atoms with Crippen LogP contribution in [0.1, 0.15) is 35.2 Å². The molecule has 1 aliphatic rings. The molecule has 4 aromatic rings. The summed E-state index contributed by atoms with van der Waals surface area (Å²) in [5, 5.41) is 17.4. The quantitative estimate of drug-likeness (QED) is 0.289. The molecule has 6 nitrogen and oxygen atoms in total. The highest BCUT2D eigenvalue weighted by Crippen LogP contribution is 2.38. The Morgan fingerprint density at radius 2 is 1.53 bits per heavy atom. The zero-order chi connectivity index (χ0) is 25.6. The number of aromatic nitrogens is 3. The van der Waals surface area contributed by atoms with E-state index in [4.69, 9.17) is 0 Å². The van der Waals surface area contributed by atoms with E-state index in [0.717, 1.165) is 54.8 Å². The molecule has 2 heterocycles. The standard InChI is InChI=1S/C26H22F4N4O2/c1-33-31-18-12-16(11-17(26(35)36)25(18)32-33)20-23(29)21(27)19(22(28)24(20)30)15-7-5-6-14(10-15)13-34-8-3-2-4-9-34/h5-7,10-12H,2-4,8-9,13H2,1H3,(H,35,36). The molecule has 3 aromatic carbocycles. The van der Waals surface area contributed by atoms with Crippen LogP contribution in [0.2, 0.25) is 0 Å². The number of aromatic carboxylic acids is 1. The highest BCUT2D eigenvalue weighted by atomic mass is 19.2. The third kappa shape index (κ3) is 4.21. The molecular formula is C26H22F4N4O2. The van der Waals surface area contributed by atoms with Gasteiger partial charge in [0.25, 0.3) is 0 Å². The summed E-state index contributed by atoms with van der Waals surface area (Å²) < 4.78 is 61.2. The Labute approximate surface area is 203 Å². The van der Waals surface area contributed by atoms with Crippen molar-refractivity contribution < 1.29 is 27.5 Å². The summed E-state index contributed by atoms with van der Waals surface area (Å²) in [5.74, 6) is -7.79. The van der Waals surface area contributed by atoms with Gasteiger partial charge in [-0.15, -0.1) is 0 Å². The predicted octanol–water partition coefficient (Wildman–Crippen LogP) is 5.54. The molecule has 1 N–H and O–H groups in total. The van der Waals surface area contributed by atoms with Gasteiger partial charge in [-0.3, -0.25) is 4.90 Å². The number of carbonyl (C=O) groups is 1. The molecule has 0 amide bonds. The minimum absolute atomic E-state index is 0.0134. The zero-order valence-electron chi connectivity index (χ0n) is 19.4. The Bertz CT molecular complexity index is 1470. The van der Waals surface area contributed by atoms with Gasteiger partial charge in [0.1, 0.15) is 11.0 Å². The lowest BCUT2D eigenvalue weighted by atomic mass is 9.95. The summed E-state index contributed by atoms with van der Waals surface area (Å²) in [6, 6.07) is 8.40. The molecule has 0 saturated carbocycles. The van der Waals surface area contributed by atoms with Crippen LogP contribution in [0, 0.1) is 23.3 Å². The molecule has 186 valence electrons. The number of benzene rings is 3. The van der Waals surface area contributed by atoms with Crippen molar-refractivity contribution in [2.75, 3.05) is 13.1 Å². The Balaban J connectivity index is 1.61. The number of piperidine rings is 1. The van der Waals surface area contributed by atoms with Crippen molar-refractivity contribution in [1.29, 1.82) is 0 Å². The molecule has 0 aliphatic carbocycles. The monoisotopic (exact) mass is 498 g/mol. The van der Waals surface area contributed by atoms with Gasteiger partial charge in [-0.2, -0.15) is 15.0 Å². The van der Waals surface area contributed by atoms with Crippen molar-refractivity contribution in [3.05, 3.63) is 70.8 Å². The molecule has 1 aromatic heterocycles. The summed E-state index contributed by atoms with van der Waals surface area (Å²) in [6.45, 7) is 2.40. The average Bonchev–Trinajstić information content (AvgIpc) is 3.23. The molecular weight excluding hydrogens is 476 g/mol. The van der Waals surface area contributed by atoms with E-state index in [-0.39, 0.29) is 22.2 Å². The molecule has 0 spiro atoms. The minimum Gasteiger partial charge on any atom is -0.478 e. The summed E-state index contributed by atoms with van der Waals surface area (Å²) in [5.41, 5.74) is -1.79. The van der Waals surface area contributed by atoms with Gasteiger partial charge in [0.15, 0.2) is 23.3 Å². The van der Waals surface area contributed by atoms with Crippen molar-refractivity contribution in [1.82, 2.24) is 19.9 Å². The number of nitrogens with zero attached hydrogens (tertiary/aromatic N) is 4. The normalized spacial score (nSPS) is 14.5. The van der Waals surface area contributed by atoms with Crippen LogP contribution in [0.3, 0.4) is 0 Å². The van der Waals surface area contributed by atoms with Crippen LogP contribution in [0.4, 0.5) is 17.6 Å². The van der Waals surface area contributed by atoms with Crippen molar-refractivity contribution in [3.63, 3.8) is 0 Å². The summed E-state index contributed by atoms with van der Waals surface area (Å²) >= 11 is 0. The van der Waals surface area contributed by atoms with Gasteiger partial charge in [-0.1, -0.05) is 24.6 Å². The van der Waals surface area contributed by atoms with E-state index in [1.807, 2.05) is 0 Å². The lowest BCUT2D eigenvalue weighted by Gasteiger charge is -2.26. The highest BCUT2D eigenvalue weighted by molar-refractivity contribution is 6.03. The number of aryl methyl sites for hydroxylation is 1. The van der Waals surface area contributed by atoms with Gasteiger partial charge in [-0.05, 0) is 60.8 Å². The molecule has 0 bridgehead atoms. The van der Waals surface area contributed by atoms with Gasteiger partial charge in [0.05, 0.1) is 16.7 Å². The first-order chi connectivity index (χ1) is 17.2. The number of rotatable bonds is 5. The third-order valence-electron chi connectivity index (χ3n) is 6.44. The second-order valence-corrected chi connectivity index (χ2v) is 8.93. The zero-order valence-corrected chi connectivity index (χ0v) is 19.4. The van der Waals surface area contributed by atoms with E-state index in [9.17, 15) is 9.90 Å². The molecule has 0 unspecified atom stereocenters. The summed E-state index contributed by atoms with van der Waals surface area (Å²) in [6.07, 6.45) is 3.31. The lowest BCUT2D eigenvalue weighted by Crippen LogP contribution is -2.29. The Kier molecular flexibility index (Phi) is 6.21. The second-order valence-electron chi connectivity index (χ2n) is 8.93. The number of likely N-dealkylation sites (tertiary alicyclic amines) is 1. The van der Waals surface area contributed by atoms with E-state index in [2.05, 4.69) is 15.1 Å². The van der Waals surface area contributed by atoms with Crippen molar-refractivity contribution >= 4 is 17.0 Å². The molecule has 0 atom stereocenters. The van der Waals surface area contributed by atoms with E-state index in [1.54, 1.807) is 12.1 Å². The molecule has 1 aliphatic heterocycles. The van der Waals surface area contributed by atoms with Crippen molar-refractivity contribution in [2.24, 2.45) is 7.05 Å². The van der Waals surface area contributed by atoms with Gasteiger partial charge in [0, 0.05) is 13.6 Å². The summed E-state index contributed by atoms with van der Waals surface area (Å²) in [4.78, 5) is 15.0. The minimum atomic E-state index is -1.62. The first-order valence-electron chi connectivity index (χ1n) is 11.5. The van der Waals surface area contributed by atoms with Crippen LogP contribution in [-0.4, -0.2) is 44.1 Å². The SMILES string of the molecule is Cn1nc2cc(-c3c(F)c(F)c(-c4cccc(CN5CCCCC5)c4)c(F)c3F)cc(C(=O)O)c2n1. The smallest absolute Gasteiger partial charge is 0.338 e. The van der Waals surface area contributed by atoms with Crippen LogP contribution in [-0.2, 0) is 13.6 Å². The van der Waals surface area contributed by atoms with E-state index in [0.29, 0.717) is 6.54 Å². The fraction of sp³-hybridized carbons (Fsp3) is 0.269. The maximum absolute atomic E-state index is 15.3. The fourth-order valence-electron chi connectivity index (χ4n) is 4.77. The number of carboxylic acid groups (broad SMARTS) is 1. The van der Waals surface area contributed by atoms with E-state index in [1.165, 1.54) is 19.2 Å². The summed E-state index contributed by atoms with van der Waals surface area (Å²) in [7, 11) is 1.44. The van der Waals surface area contributed by atoms with E-state index >= 15 is 17.6 Å². The van der Waals surface area contributed by atoms with E-state index < -0.39 is 45.9 Å². The number of fused-ring (bicyclic) bond motifs is 1. The van der Waals surface area contributed by atoms with Crippen LogP contribution < -0.4 is 0 Å². The first kappa shape index (κ1) is 23.9. The van der Waals surface area contributed by atoms with Crippen LogP contribution in [0.15, 0.2) is 36.4 Å². The largest absolute Gasteiger partial charge is 0.478 e. The maximum atomic E-state index is 15.3. The molecule has 5 rings (SSSR count). The van der Waals surface area contributed by atoms with Gasteiger partial charge < -0.3 is 5.11 Å². The lowest BCUT2D eigenvalue weighted by molar-refractivity contribution is 0.0698. The first-order valence-corrected chi connectivity index (χ1v) is 11.5. The molecule has 1 saturated heterocycles. The van der Waals surface area contributed by atoms with Crippen molar-refractivity contribution in [2.45, 2.75) is 25.8 Å². The average molecular weight is 498 g/mol. The topological polar surface area (TPSA) is 71.2 Å². The number of hydrogen-bond acceptors (Lipinski definition) is 4. The van der Waals surface area contributed by atoms with Gasteiger partial charge in [0.2, 0.25) is 0 Å². The molecule has 1 fully saturated rings. The molecule has 36 heavy (non-hydrogen) atoms. The van der Waals surface area contributed by atoms with Crippen LogP contribution in [0.5, 0.6) is 0 Å². The Morgan fingerprint density at radius 1 is 0.889 bits per heavy atom. The number of halogens is 4. The number of carboxylic acids is 1.